The average molecular weight is 267 g/mol. The lowest BCUT2D eigenvalue weighted by molar-refractivity contribution is 0.0695. The van der Waals surface area contributed by atoms with Crippen molar-refractivity contribution in [2.45, 2.75) is 13.3 Å². The highest BCUT2D eigenvalue weighted by Gasteiger charge is 2.23. The molecule has 0 amide bonds. The SMILES string of the molecule is CCc1onc(-c2cccc3ccccc23)c1C(=O)O. The molecule has 0 fully saturated rings. The second-order valence-electron chi connectivity index (χ2n) is 4.51. The van der Waals surface area contributed by atoms with Crippen LogP contribution in [-0.4, -0.2) is 16.2 Å². The van der Waals surface area contributed by atoms with Crippen molar-refractivity contribution in [1.29, 1.82) is 0 Å². The first-order valence-corrected chi connectivity index (χ1v) is 6.42. The van der Waals surface area contributed by atoms with E-state index in [1.165, 1.54) is 0 Å². The first-order valence-electron chi connectivity index (χ1n) is 6.42. The Hall–Kier alpha value is -2.62. The van der Waals surface area contributed by atoms with Crippen molar-refractivity contribution in [2.24, 2.45) is 0 Å². The van der Waals surface area contributed by atoms with E-state index in [0.29, 0.717) is 17.9 Å². The molecule has 1 aromatic heterocycles. The Labute approximate surface area is 115 Å². The predicted molar refractivity (Wildman–Crippen MR) is 75.8 cm³/mol. The molecule has 0 radical (unpaired) electrons. The Morgan fingerprint density at radius 3 is 2.70 bits per heavy atom. The molecule has 0 aliphatic carbocycles. The molecule has 0 aliphatic rings. The van der Waals surface area contributed by atoms with Crippen LogP contribution in [0.5, 0.6) is 0 Å². The lowest BCUT2D eigenvalue weighted by Gasteiger charge is -2.04. The smallest absolute Gasteiger partial charge is 0.341 e. The van der Waals surface area contributed by atoms with Crippen molar-refractivity contribution in [3.63, 3.8) is 0 Å². The first kappa shape index (κ1) is 12.4. The van der Waals surface area contributed by atoms with Gasteiger partial charge in [0.2, 0.25) is 0 Å². The number of nitrogens with zero attached hydrogens (tertiary/aromatic N) is 1. The number of hydrogen-bond acceptors (Lipinski definition) is 3. The van der Waals surface area contributed by atoms with E-state index in [0.717, 1.165) is 16.3 Å². The van der Waals surface area contributed by atoms with E-state index in [1.807, 2.05) is 49.4 Å². The number of carbonyl (C=O) groups is 1. The molecule has 0 saturated carbocycles. The van der Waals surface area contributed by atoms with E-state index >= 15 is 0 Å². The van der Waals surface area contributed by atoms with Crippen LogP contribution in [-0.2, 0) is 6.42 Å². The molecule has 0 saturated heterocycles. The summed E-state index contributed by atoms with van der Waals surface area (Å²) in [6.07, 6.45) is 0.499. The van der Waals surface area contributed by atoms with Gasteiger partial charge in [0.25, 0.3) is 0 Å². The molecule has 0 bridgehead atoms. The topological polar surface area (TPSA) is 63.3 Å². The molecule has 0 atom stereocenters. The normalized spacial score (nSPS) is 10.8. The fourth-order valence-corrected chi connectivity index (χ4v) is 2.40. The van der Waals surface area contributed by atoms with Crippen LogP contribution in [0.25, 0.3) is 22.0 Å². The molecule has 1 heterocycles. The number of carboxylic acid groups (broad SMARTS) is 1. The summed E-state index contributed by atoms with van der Waals surface area (Å²) >= 11 is 0. The zero-order valence-corrected chi connectivity index (χ0v) is 11.0. The molecule has 0 unspecified atom stereocenters. The van der Waals surface area contributed by atoms with Gasteiger partial charge in [-0.25, -0.2) is 4.79 Å². The Morgan fingerprint density at radius 2 is 1.95 bits per heavy atom. The molecule has 0 spiro atoms. The summed E-state index contributed by atoms with van der Waals surface area (Å²) in [5.41, 5.74) is 1.33. The summed E-state index contributed by atoms with van der Waals surface area (Å²) in [5.74, 6) is -0.605. The highest BCUT2D eigenvalue weighted by molar-refractivity contribution is 6.02. The summed E-state index contributed by atoms with van der Waals surface area (Å²) in [5, 5.41) is 15.4. The van der Waals surface area contributed by atoms with Gasteiger partial charge in [-0.2, -0.15) is 0 Å². The maximum absolute atomic E-state index is 11.5. The van der Waals surface area contributed by atoms with E-state index in [9.17, 15) is 9.90 Å². The lowest BCUT2D eigenvalue weighted by Crippen LogP contribution is -2.01. The van der Waals surface area contributed by atoms with Gasteiger partial charge in [0.05, 0.1) is 0 Å². The van der Waals surface area contributed by atoms with E-state index < -0.39 is 5.97 Å². The number of benzene rings is 2. The molecular weight excluding hydrogens is 254 g/mol. The molecule has 100 valence electrons. The molecule has 3 aromatic rings. The molecule has 3 rings (SSSR count). The third-order valence-corrected chi connectivity index (χ3v) is 3.34. The van der Waals surface area contributed by atoms with E-state index in [1.54, 1.807) is 0 Å². The first-order chi connectivity index (χ1) is 9.72. The van der Waals surface area contributed by atoms with Gasteiger partial charge in [-0.1, -0.05) is 54.5 Å². The van der Waals surface area contributed by atoms with Gasteiger partial charge in [0, 0.05) is 12.0 Å². The molecule has 0 aliphatic heterocycles. The number of aromatic carboxylic acids is 1. The third-order valence-electron chi connectivity index (χ3n) is 3.34. The minimum atomic E-state index is -1.01. The van der Waals surface area contributed by atoms with Gasteiger partial charge >= 0.3 is 5.97 Å². The maximum Gasteiger partial charge on any atom is 0.341 e. The van der Waals surface area contributed by atoms with Crippen LogP contribution in [0.1, 0.15) is 23.0 Å². The van der Waals surface area contributed by atoms with Crippen molar-refractivity contribution < 1.29 is 14.4 Å². The quantitative estimate of drug-likeness (QED) is 0.784. The zero-order valence-electron chi connectivity index (χ0n) is 11.0. The summed E-state index contributed by atoms with van der Waals surface area (Å²) < 4.78 is 5.18. The lowest BCUT2D eigenvalue weighted by atomic mass is 9.99. The number of aryl methyl sites for hydroxylation is 1. The average Bonchev–Trinajstić information content (AvgIpc) is 2.90. The zero-order chi connectivity index (χ0) is 14.1. The monoisotopic (exact) mass is 267 g/mol. The summed E-state index contributed by atoms with van der Waals surface area (Å²) in [6.45, 7) is 1.85. The van der Waals surface area contributed by atoms with Crippen molar-refractivity contribution in [2.75, 3.05) is 0 Å². The second-order valence-corrected chi connectivity index (χ2v) is 4.51. The number of aromatic nitrogens is 1. The van der Waals surface area contributed by atoms with Crippen LogP contribution < -0.4 is 0 Å². The molecule has 4 nitrogen and oxygen atoms in total. The van der Waals surface area contributed by atoms with Crippen molar-refractivity contribution >= 4 is 16.7 Å². The minimum Gasteiger partial charge on any atom is -0.477 e. The Morgan fingerprint density at radius 1 is 1.20 bits per heavy atom. The van der Waals surface area contributed by atoms with Gasteiger partial charge in [0.1, 0.15) is 11.3 Å². The van der Waals surface area contributed by atoms with Crippen LogP contribution >= 0.6 is 0 Å². The maximum atomic E-state index is 11.5. The standard InChI is InChI=1S/C16H13NO3/c1-2-13-14(16(18)19)15(17-20-13)12-9-5-7-10-6-3-4-8-11(10)12/h3-9H,2H2,1H3,(H,18,19). The van der Waals surface area contributed by atoms with E-state index in [4.69, 9.17) is 4.52 Å². The fourth-order valence-electron chi connectivity index (χ4n) is 2.40. The second kappa shape index (κ2) is 4.81. The van der Waals surface area contributed by atoms with Gasteiger partial charge in [0.15, 0.2) is 5.76 Å². The Balaban J connectivity index is 2.32. The number of rotatable bonds is 3. The van der Waals surface area contributed by atoms with Crippen molar-refractivity contribution in [3.8, 4) is 11.3 Å². The number of hydrogen-bond donors (Lipinski definition) is 1. The largest absolute Gasteiger partial charge is 0.477 e. The molecular formula is C16H13NO3. The summed E-state index contributed by atoms with van der Waals surface area (Å²) in [4.78, 5) is 11.5. The fraction of sp³-hybridized carbons (Fsp3) is 0.125. The highest BCUT2D eigenvalue weighted by Crippen LogP contribution is 2.31. The van der Waals surface area contributed by atoms with Crippen LogP contribution in [0.3, 0.4) is 0 Å². The van der Waals surface area contributed by atoms with Crippen LogP contribution in [0.2, 0.25) is 0 Å². The predicted octanol–water partition coefficient (Wildman–Crippen LogP) is 3.76. The van der Waals surface area contributed by atoms with E-state index in [-0.39, 0.29) is 5.56 Å². The van der Waals surface area contributed by atoms with Crippen molar-refractivity contribution in [3.05, 3.63) is 53.8 Å². The Bertz CT molecular complexity index is 784. The number of carboxylic acids is 1. The summed E-state index contributed by atoms with van der Waals surface area (Å²) in [6, 6.07) is 13.6. The van der Waals surface area contributed by atoms with Crippen LogP contribution in [0, 0.1) is 0 Å². The van der Waals surface area contributed by atoms with Crippen LogP contribution in [0.15, 0.2) is 47.0 Å². The van der Waals surface area contributed by atoms with Gasteiger partial charge < -0.3 is 9.63 Å². The summed E-state index contributed by atoms with van der Waals surface area (Å²) in [7, 11) is 0. The van der Waals surface area contributed by atoms with Crippen molar-refractivity contribution in [1.82, 2.24) is 5.16 Å². The molecule has 4 heteroatoms. The van der Waals surface area contributed by atoms with Gasteiger partial charge in [-0.15, -0.1) is 0 Å². The highest BCUT2D eigenvalue weighted by atomic mass is 16.5. The van der Waals surface area contributed by atoms with E-state index in [2.05, 4.69) is 5.16 Å². The van der Waals surface area contributed by atoms with Gasteiger partial charge in [-0.05, 0) is 10.8 Å². The Kier molecular flexibility index (Phi) is 2.99. The number of fused-ring (bicyclic) bond motifs is 1. The minimum absolute atomic E-state index is 0.156. The molecule has 2 aromatic carbocycles. The van der Waals surface area contributed by atoms with Crippen LogP contribution in [0.4, 0.5) is 0 Å². The molecule has 20 heavy (non-hydrogen) atoms. The third kappa shape index (κ3) is 1.86. The van der Waals surface area contributed by atoms with Gasteiger partial charge in [-0.3, -0.25) is 0 Å². The molecule has 1 N–H and O–H groups in total.